The lowest BCUT2D eigenvalue weighted by Crippen LogP contribution is -2.09. The molecule has 1 atom stereocenters. The first-order valence-corrected chi connectivity index (χ1v) is 3.63. The lowest BCUT2D eigenvalue weighted by atomic mass is 10.1. The average molecular weight is 149 g/mol. The van der Waals surface area contributed by atoms with E-state index in [9.17, 15) is 0 Å². The molecule has 0 aliphatic carbocycles. The maximum absolute atomic E-state index is 5.34. The zero-order chi connectivity index (χ0) is 7.31. The molecule has 0 N–H and O–H groups in total. The van der Waals surface area contributed by atoms with E-state index in [1.54, 1.807) is 6.20 Å². The van der Waals surface area contributed by atoms with Crippen LogP contribution in [0.4, 0.5) is 0 Å². The molecule has 1 saturated heterocycles. The molecule has 11 heavy (non-hydrogen) atoms. The highest BCUT2D eigenvalue weighted by Gasteiger charge is 2.53. The van der Waals surface area contributed by atoms with Crippen molar-refractivity contribution in [1.82, 2.24) is 4.98 Å². The topological polar surface area (TPSA) is 34.6 Å². The molecule has 3 heteroatoms. The SMILES string of the molecule is c1cnc2c(c1)C1(CO2)CO1. The van der Waals surface area contributed by atoms with Crippen molar-refractivity contribution in [3.8, 4) is 5.88 Å². The summed E-state index contributed by atoms with van der Waals surface area (Å²) < 4.78 is 10.7. The molecule has 0 bridgehead atoms. The van der Waals surface area contributed by atoms with Crippen LogP contribution >= 0.6 is 0 Å². The smallest absolute Gasteiger partial charge is 0.219 e. The van der Waals surface area contributed by atoms with E-state index in [1.165, 1.54) is 0 Å². The van der Waals surface area contributed by atoms with E-state index in [1.807, 2.05) is 12.1 Å². The standard InChI is InChI=1S/C8H7NO2/c1-2-6-7(9-3-1)10-4-8(6)5-11-8/h1-3H,4-5H2. The van der Waals surface area contributed by atoms with Gasteiger partial charge >= 0.3 is 0 Å². The summed E-state index contributed by atoms with van der Waals surface area (Å²) in [5, 5.41) is 0. The van der Waals surface area contributed by atoms with Gasteiger partial charge in [-0.25, -0.2) is 4.98 Å². The summed E-state index contributed by atoms with van der Waals surface area (Å²) in [7, 11) is 0. The molecule has 1 fully saturated rings. The quantitative estimate of drug-likeness (QED) is 0.509. The van der Waals surface area contributed by atoms with Gasteiger partial charge < -0.3 is 9.47 Å². The highest BCUT2D eigenvalue weighted by molar-refractivity contribution is 5.39. The predicted octanol–water partition coefficient (Wildman–Crippen LogP) is 0.700. The largest absolute Gasteiger partial charge is 0.474 e. The van der Waals surface area contributed by atoms with Crippen LogP contribution in [0.2, 0.25) is 0 Å². The third kappa shape index (κ3) is 0.587. The molecule has 0 aromatic carbocycles. The van der Waals surface area contributed by atoms with E-state index in [0.29, 0.717) is 6.61 Å². The van der Waals surface area contributed by atoms with E-state index in [4.69, 9.17) is 9.47 Å². The second-order valence-corrected chi connectivity index (χ2v) is 2.93. The summed E-state index contributed by atoms with van der Waals surface area (Å²) in [6.45, 7) is 1.42. The van der Waals surface area contributed by atoms with Gasteiger partial charge in [0.1, 0.15) is 6.61 Å². The van der Waals surface area contributed by atoms with Crippen molar-refractivity contribution >= 4 is 0 Å². The summed E-state index contributed by atoms with van der Waals surface area (Å²) in [6.07, 6.45) is 1.74. The van der Waals surface area contributed by atoms with E-state index < -0.39 is 0 Å². The number of epoxide rings is 1. The van der Waals surface area contributed by atoms with Crippen molar-refractivity contribution in [2.24, 2.45) is 0 Å². The predicted molar refractivity (Wildman–Crippen MR) is 37.4 cm³/mol. The Balaban J connectivity index is 2.21. The van der Waals surface area contributed by atoms with E-state index in [-0.39, 0.29) is 5.60 Å². The Hall–Kier alpha value is -1.09. The minimum absolute atomic E-state index is 0.108. The first kappa shape index (κ1) is 5.55. The molecule has 1 spiro atoms. The van der Waals surface area contributed by atoms with E-state index in [2.05, 4.69) is 4.98 Å². The number of fused-ring (bicyclic) bond motifs is 2. The Labute approximate surface area is 64.0 Å². The third-order valence-corrected chi connectivity index (χ3v) is 2.20. The summed E-state index contributed by atoms with van der Waals surface area (Å²) >= 11 is 0. The minimum Gasteiger partial charge on any atom is -0.474 e. The molecule has 0 saturated carbocycles. The zero-order valence-corrected chi connectivity index (χ0v) is 5.91. The number of hydrogen-bond acceptors (Lipinski definition) is 3. The van der Waals surface area contributed by atoms with Gasteiger partial charge in [-0.2, -0.15) is 0 Å². The van der Waals surface area contributed by atoms with Crippen LogP contribution < -0.4 is 4.74 Å². The number of nitrogens with zero attached hydrogens (tertiary/aromatic N) is 1. The average Bonchev–Trinajstić information content (AvgIpc) is 2.72. The maximum atomic E-state index is 5.34. The molecule has 3 heterocycles. The number of pyridine rings is 1. The Kier molecular flexibility index (Phi) is 0.786. The fraction of sp³-hybridized carbons (Fsp3) is 0.375. The van der Waals surface area contributed by atoms with Crippen LogP contribution in [-0.2, 0) is 10.3 Å². The number of aromatic nitrogens is 1. The van der Waals surface area contributed by atoms with Crippen molar-refractivity contribution in [1.29, 1.82) is 0 Å². The molecule has 0 amide bonds. The fourth-order valence-electron chi connectivity index (χ4n) is 1.44. The summed E-state index contributed by atoms with van der Waals surface area (Å²) in [5.74, 6) is 0.741. The number of ether oxygens (including phenoxy) is 2. The molecule has 1 aromatic heterocycles. The van der Waals surface area contributed by atoms with Crippen molar-refractivity contribution < 1.29 is 9.47 Å². The molecule has 3 rings (SSSR count). The van der Waals surface area contributed by atoms with Crippen LogP contribution in [0.5, 0.6) is 5.88 Å². The van der Waals surface area contributed by atoms with Crippen LogP contribution in [0.15, 0.2) is 18.3 Å². The molecule has 3 nitrogen and oxygen atoms in total. The van der Waals surface area contributed by atoms with Crippen molar-refractivity contribution in [2.45, 2.75) is 5.60 Å². The summed E-state index contributed by atoms with van der Waals surface area (Å²) in [4.78, 5) is 4.09. The van der Waals surface area contributed by atoms with Gasteiger partial charge in [0, 0.05) is 6.20 Å². The Morgan fingerprint density at radius 3 is 3.18 bits per heavy atom. The molecular weight excluding hydrogens is 142 g/mol. The minimum atomic E-state index is -0.108. The highest BCUT2D eigenvalue weighted by atomic mass is 16.6. The Bertz CT molecular complexity index is 307. The monoisotopic (exact) mass is 149 g/mol. The maximum Gasteiger partial charge on any atom is 0.219 e. The van der Waals surface area contributed by atoms with Gasteiger partial charge in [-0.05, 0) is 12.1 Å². The van der Waals surface area contributed by atoms with Gasteiger partial charge in [-0.3, -0.25) is 0 Å². The molecule has 2 aliphatic rings. The normalized spacial score (nSPS) is 31.6. The zero-order valence-electron chi connectivity index (χ0n) is 5.91. The molecule has 2 aliphatic heterocycles. The first-order chi connectivity index (χ1) is 5.41. The van der Waals surface area contributed by atoms with Crippen LogP contribution in [-0.4, -0.2) is 18.2 Å². The van der Waals surface area contributed by atoms with Gasteiger partial charge in [0.2, 0.25) is 5.88 Å². The van der Waals surface area contributed by atoms with Gasteiger partial charge in [0.05, 0.1) is 12.2 Å². The molecule has 0 radical (unpaired) electrons. The van der Waals surface area contributed by atoms with Gasteiger partial charge in [0.25, 0.3) is 0 Å². The second kappa shape index (κ2) is 1.56. The third-order valence-electron chi connectivity index (χ3n) is 2.20. The van der Waals surface area contributed by atoms with Crippen LogP contribution in [0, 0.1) is 0 Å². The lowest BCUT2D eigenvalue weighted by Gasteiger charge is -1.96. The van der Waals surface area contributed by atoms with Gasteiger partial charge in [-0.1, -0.05) is 0 Å². The number of rotatable bonds is 0. The Morgan fingerprint density at radius 1 is 1.45 bits per heavy atom. The molecule has 1 aromatic rings. The summed E-state index contributed by atoms with van der Waals surface area (Å²) in [5.41, 5.74) is 1.00. The van der Waals surface area contributed by atoms with Crippen LogP contribution in [0.25, 0.3) is 0 Å². The van der Waals surface area contributed by atoms with Crippen LogP contribution in [0.3, 0.4) is 0 Å². The Morgan fingerprint density at radius 2 is 2.36 bits per heavy atom. The highest BCUT2D eigenvalue weighted by Crippen LogP contribution is 2.46. The van der Waals surface area contributed by atoms with Gasteiger partial charge in [-0.15, -0.1) is 0 Å². The van der Waals surface area contributed by atoms with Crippen LogP contribution in [0.1, 0.15) is 5.56 Å². The molecule has 1 unspecified atom stereocenters. The fourth-order valence-corrected chi connectivity index (χ4v) is 1.44. The van der Waals surface area contributed by atoms with Crippen molar-refractivity contribution in [2.75, 3.05) is 13.2 Å². The summed E-state index contributed by atoms with van der Waals surface area (Å²) in [6, 6.07) is 3.93. The van der Waals surface area contributed by atoms with Gasteiger partial charge in [0.15, 0.2) is 5.60 Å². The molecular formula is C8H7NO2. The van der Waals surface area contributed by atoms with E-state index in [0.717, 1.165) is 18.1 Å². The van der Waals surface area contributed by atoms with Crippen molar-refractivity contribution in [3.63, 3.8) is 0 Å². The van der Waals surface area contributed by atoms with Crippen molar-refractivity contribution in [3.05, 3.63) is 23.9 Å². The molecule has 56 valence electrons. The number of hydrogen-bond donors (Lipinski definition) is 0. The first-order valence-electron chi connectivity index (χ1n) is 3.63. The van der Waals surface area contributed by atoms with E-state index >= 15 is 0 Å². The lowest BCUT2D eigenvalue weighted by molar-refractivity contribution is 0.228. The second-order valence-electron chi connectivity index (χ2n) is 2.93.